The van der Waals surface area contributed by atoms with Crippen LogP contribution in [0.25, 0.3) is 0 Å². The number of urea groups is 1. The molecule has 1 aliphatic carbocycles. The van der Waals surface area contributed by atoms with Crippen LogP contribution in [0.2, 0.25) is 0 Å². The predicted octanol–water partition coefficient (Wildman–Crippen LogP) is 2.86. The monoisotopic (exact) mass is 311 g/mol. The van der Waals surface area contributed by atoms with Crippen LogP contribution in [-0.4, -0.2) is 54.0 Å². The van der Waals surface area contributed by atoms with E-state index < -0.39 is 0 Å². The zero-order valence-corrected chi connectivity index (χ0v) is 14.7. The van der Waals surface area contributed by atoms with Gasteiger partial charge in [-0.05, 0) is 59.3 Å². The van der Waals surface area contributed by atoms with Gasteiger partial charge in [0.2, 0.25) is 5.91 Å². The Balaban J connectivity index is 2.34. The lowest BCUT2D eigenvalue weighted by molar-refractivity contribution is -0.132. The van der Waals surface area contributed by atoms with Crippen LogP contribution >= 0.6 is 0 Å². The van der Waals surface area contributed by atoms with Gasteiger partial charge in [0.05, 0.1) is 0 Å². The molecular formula is C17H33N3O2. The van der Waals surface area contributed by atoms with E-state index in [2.05, 4.69) is 5.32 Å². The zero-order valence-electron chi connectivity index (χ0n) is 14.7. The van der Waals surface area contributed by atoms with E-state index in [0.717, 1.165) is 51.9 Å². The molecule has 0 aromatic rings. The summed E-state index contributed by atoms with van der Waals surface area (Å²) < 4.78 is 0. The van der Waals surface area contributed by atoms with Gasteiger partial charge >= 0.3 is 6.03 Å². The quantitative estimate of drug-likeness (QED) is 0.786. The maximum Gasteiger partial charge on any atom is 0.317 e. The molecule has 1 rings (SSSR count). The van der Waals surface area contributed by atoms with Crippen LogP contribution in [0.3, 0.4) is 0 Å². The van der Waals surface area contributed by atoms with Crippen molar-refractivity contribution in [2.75, 3.05) is 26.2 Å². The molecule has 0 unspecified atom stereocenters. The summed E-state index contributed by atoms with van der Waals surface area (Å²) in [5.74, 6) is 0.760. The predicted molar refractivity (Wildman–Crippen MR) is 89.7 cm³/mol. The fraction of sp³-hybridized carbons (Fsp3) is 0.882. The van der Waals surface area contributed by atoms with E-state index in [1.807, 2.05) is 37.5 Å². The molecule has 128 valence electrons. The first kappa shape index (κ1) is 18.8. The van der Waals surface area contributed by atoms with Crippen molar-refractivity contribution in [1.29, 1.82) is 0 Å². The summed E-state index contributed by atoms with van der Waals surface area (Å²) in [7, 11) is 0. The Morgan fingerprint density at radius 2 is 1.36 bits per heavy atom. The second kappa shape index (κ2) is 9.70. The summed E-state index contributed by atoms with van der Waals surface area (Å²) in [5, 5.41) is 3.13. The molecule has 1 saturated carbocycles. The number of nitrogens with zero attached hydrogens (tertiary/aromatic N) is 2. The molecule has 0 saturated heterocycles. The zero-order chi connectivity index (χ0) is 16.5. The molecule has 0 spiro atoms. The van der Waals surface area contributed by atoms with Crippen molar-refractivity contribution in [2.24, 2.45) is 5.92 Å². The summed E-state index contributed by atoms with van der Waals surface area (Å²) >= 11 is 0. The Morgan fingerprint density at radius 3 is 1.82 bits per heavy atom. The number of nitrogens with one attached hydrogen (secondary N) is 1. The first-order valence-electron chi connectivity index (χ1n) is 8.88. The lowest BCUT2D eigenvalue weighted by atomic mass is 9.84. The second-order valence-electron chi connectivity index (χ2n) is 6.11. The lowest BCUT2D eigenvalue weighted by Gasteiger charge is -2.31. The largest absolute Gasteiger partial charge is 0.343 e. The van der Waals surface area contributed by atoms with Crippen LogP contribution in [0.5, 0.6) is 0 Å². The Hall–Kier alpha value is -1.26. The molecule has 1 aliphatic rings. The van der Waals surface area contributed by atoms with E-state index >= 15 is 0 Å². The van der Waals surface area contributed by atoms with E-state index in [1.165, 1.54) is 0 Å². The third-order valence-corrected chi connectivity index (χ3v) is 4.80. The van der Waals surface area contributed by atoms with Crippen LogP contribution in [-0.2, 0) is 4.79 Å². The first-order valence-corrected chi connectivity index (χ1v) is 8.88. The fourth-order valence-corrected chi connectivity index (χ4v) is 3.24. The average molecular weight is 311 g/mol. The van der Waals surface area contributed by atoms with Gasteiger partial charge in [-0.1, -0.05) is 0 Å². The van der Waals surface area contributed by atoms with E-state index in [0.29, 0.717) is 12.3 Å². The van der Waals surface area contributed by atoms with Crippen molar-refractivity contribution in [3.63, 3.8) is 0 Å². The molecule has 0 heterocycles. The van der Waals surface area contributed by atoms with Gasteiger partial charge in [0.1, 0.15) is 0 Å². The topological polar surface area (TPSA) is 52.7 Å². The van der Waals surface area contributed by atoms with Gasteiger partial charge in [-0.25, -0.2) is 4.79 Å². The molecule has 0 radical (unpaired) electrons. The number of carbonyl (C=O) groups is 2. The third kappa shape index (κ3) is 5.50. The molecular weight excluding hydrogens is 278 g/mol. The molecule has 0 aromatic heterocycles. The van der Waals surface area contributed by atoms with Crippen LogP contribution in [0.4, 0.5) is 4.79 Å². The Kier molecular flexibility index (Phi) is 8.28. The highest BCUT2D eigenvalue weighted by Gasteiger charge is 2.26. The minimum Gasteiger partial charge on any atom is -0.343 e. The van der Waals surface area contributed by atoms with Crippen molar-refractivity contribution in [1.82, 2.24) is 15.1 Å². The highest BCUT2D eigenvalue weighted by Crippen LogP contribution is 2.27. The Morgan fingerprint density at radius 1 is 0.864 bits per heavy atom. The van der Waals surface area contributed by atoms with Crippen molar-refractivity contribution < 1.29 is 9.59 Å². The second-order valence-corrected chi connectivity index (χ2v) is 6.11. The number of carbonyl (C=O) groups excluding carboxylic acids is 2. The average Bonchev–Trinajstić information content (AvgIpc) is 2.51. The van der Waals surface area contributed by atoms with E-state index in [1.54, 1.807) is 0 Å². The molecule has 0 aliphatic heterocycles. The summed E-state index contributed by atoms with van der Waals surface area (Å²) in [6, 6.07) is 0.320. The fourth-order valence-electron chi connectivity index (χ4n) is 3.24. The summed E-state index contributed by atoms with van der Waals surface area (Å²) in [6.07, 6.45) is 4.72. The molecule has 1 N–H and O–H groups in total. The molecule has 22 heavy (non-hydrogen) atoms. The SMILES string of the molecule is CCN(CC)C(=O)CC1CCC(NC(=O)N(CC)CC)CC1. The maximum absolute atomic E-state index is 12.1. The van der Waals surface area contributed by atoms with Gasteiger partial charge in [0, 0.05) is 38.6 Å². The van der Waals surface area contributed by atoms with Gasteiger partial charge in [-0.3, -0.25) is 4.79 Å². The molecule has 0 atom stereocenters. The van der Waals surface area contributed by atoms with Crippen LogP contribution in [0.1, 0.15) is 59.8 Å². The highest BCUT2D eigenvalue weighted by molar-refractivity contribution is 5.76. The number of hydrogen-bond acceptors (Lipinski definition) is 2. The van der Waals surface area contributed by atoms with Gasteiger partial charge in [0.25, 0.3) is 0 Å². The Bertz CT molecular complexity index is 310. The van der Waals surface area contributed by atoms with Crippen molar-refractivity contribution >= 4 is 11.9 Å². The number of rotatable bonds is 7. The maximum atomic E-state index is 12.1. The van der Waals surface area contributed by atoms with Gasteiger partial charge in [0.15, 0.2) is 0 Å². The van der Waals surface area contributed by atoms with Gasteiger partial charge in [-0.15, -0.1) is 0 Å². The summed E-state index contributed by atoms with van der Waals surface area (Å²) in [4.78, 5) is 27.9. The first-order chi connectivity index (χ1) is 10.5. The van der Waals surface area contributed by atoms with E-state index in [-0.39, 0.29) is 18.0 Å². The third-order valence-electron chi connectivity index (χ3n) is 4.80. The van der Waals surface area contributed by atoms with Crippen molar-refractivity contribution in [2.45, 2.75) is 65.8 Å². The molecule has 3 amide bonds. The normalized spacial score (nSPS) is 21.3. The lowest BCUT2D eigenvalue weighted by Crippen LogP contribution is -2.46. The van der Waals surface area contributed by atoms with Gasteiger partial charge in [-0.2, -0.15) is 0 Å². The van der Waals surface area contributed by atoms with Gasteiger partial charge < -0.3 is 15.1 Å². The molecule has 5 heteroatoms. The smallest absolute Gasteiger partial charge is 0.317 e. The Labute approximate surface area is 135 Å². The minimum absolute atomic E-state index is 0.0488. The molecule has 1 fully saturated rings. The highest BCUT2D eigenvalue weighted by atomic mass is 16.2. The van der Waals surface area contributed by atoms with Crippen LogP contribution in [0, 0.1) is 5.92 Å². The van der Waals surface area contributed by atoms with Crippen LogP contribution < -0.4 is 5.32 Å². The molecule has 0 aromatic carbocycles. The minimum atomic E-state index is 0.0488. The van der Waals surface area contributed by atoms with E-state index in [4.69, 9.17) is 0 Å². The van der Waals surface area contributed by atoms with Crippen molar-refractivity contribution in [3.8, 4) is 0 Å². The molecule has 5 nitrogen and oxygen atoms in total. The summed E-state index contributed by atoms with van der Waals surface area (Å²) in [5.41, 5.74) is 0. The van der Waals surface area contributed by atoms with Crippen molar-refractivity contribution in [3.05, 3.63) is 0 Å². The standard InChI is InChI=1S/C17H33N3O2/c1-5-19(6-2)16(21)13-14-9-11-15(12-10-14)18-17(22)20(7-3)8-4/h14-15H,5-13H2,1-4H3,(H,18,22). The van der Waals surface area contributed by atoms with Crippen LogP contribution in [0.15, 0.2) is 0 Å². The molecule has 0 bridgehead atoms. The van der Waals surface area contributed by atoms with E-state index in [9.17, 15) is 9.59 Å². The summed E-state index contributed by atoms with van der Waals surface area (Å²) in [6.45, 7) is 11.1. The number of hydrogen-bond donors (Lipinski definition) is 1. The number of amides is 3.